The molecule has 5 nitrogen and oxygen atoms in total. The van der Waals surface area contributed by atoms with E-state index in [0.717, 1.165) is 10.5 Å². The molecule has 6 heteroatoms. The van der Waals surface area contributed by atoms with Gasteiger partial charge in [0, 0.05) is 0 Å². The maximum absolute atomic E-state index is 11.4. The van der Waals surface area contributed by atoms with Crippen molar-refractivity contribution in [1.82, 2.24) is 4.72 Å². The minimum atomic E-state index is -3.65. The first kappa shape index (κ1) is 8.89. The van der Waals surface area contributed by atoms with E-state index in [1.165, 1.54) is 0 Å². The van der Waals surface area contributed by atoms with Gasteiger partial charge in [0.15, 0.2) is 0 Å². The number of aliphatic hydroxyl groups excluding tert-OH is 1. The molecule has 0 aliphatic carbocycles. The fraction of sp³-hybridized carbons (Fsp3) is 0. The molecule has 0 saturated carbocycles. The molecule has 1 aliphatic heterocycles. The van der Waals surface area contributed by atoms with Crippen LogP contribution < -0.4 is 9.03 Å². The second-order valence-electron chi connectivity index (χ2n) is 2.75. The molecule has 1 heterocycles. The number of aliphatic hydroxyl groups is 1. The average Bonchev–Trinajstić information content (AvgIpc) is 2.41. The Balaban J connectivity index is 2.46. The smallest absolute Gasteiger partial charge is 0.330 e. The van der Waals surface area contributed by atoms with E-state index >= 15 is 0 Å². The summed E-state index contributed by atoms with van der Waals surface area (Å²) >= 11 is 0. The van der Waals surface area contributed by atoms with E-state index in [2.05, 4.69) is 0 Å². The number of anilines is 1. The number of rotatable bonds is 1. The van der Waals surface area contributed by atoms with Gasteiger partial charge in [-0.25, -0.2) is 9.03 Å². The summed E-state index contributed by atoms with van der Waals surface area (Å²) in [6.07, 6.45) is 1.12. The van der Waals surface area contributed by atoms with Gasteiger partial charge in [0.05, 0.1) is 11.9 Å². The van der Waals surface area contributed by atoms with Crippen LogP contribution in [0, 0.1) is 0 Å². The Morgan fingerprint density at radius 1 is 1.21 bits per heavy atom. The SMILES string of the molecule is O=S1(=O)NC(O)=CN1c1ccccc1. The van der Waals surface area contributed by atoms with E-state index in [1.807, 2.05) is 4.72 Å². The molecule has 74 valence electrons. The van der Waals surface area contributed by atoms with Crippen LogP contribution in [0.25, 0.3) is 0 Å². The molecular weight excluding hydrogens is 204 g/mol. The lowest BCUT2D eigenvalue weighted by Gasteiger charge is -2.12. The lowest BCUT2D eigenvalue weighted by molar-refractivity contribution is 0.392. The van der Waals surface area contributed by atoms with Gasteiger partial charge in [0.1, 0.15) is 0 Å². The van der Waals surface area contributed by atoms with Crippen molar-refractivity contribution in [2.45, 2.75) is 0 Å². The first-order chi connectivity index (χ1) is 6.59. The lowest BCUT2D eigenvalue weighted by atomic mass is 10.3. The summed E-state index contributed by atoms with van der Waals surface area (Å²) in [5.41, 5.74) is 0.476. The minimum absolute atomic E-state index is 0.381. The van der Waals surface area contributed by atoms with Gasteiger partial charge in [-0.3, -0.25) is 0 Å². The molecule has 0 spiro atoms. The Kier molecular flexibility index (Phi) is 1.85. The second-order valence-corrected chi connectivity index (χ2v) is 4.30. The highest BCUT2D eigenvalue weighted by atomic mass is 32.2. The summed E-state index contributed by atoms with van der Waals surface area (Å²) in [5, 5.41) is 9.03. The molecule has 0 unspecified atom stereocenters. The van der Waals surface area contributed by atoms with Crippen molar-refractivity contribution in [2.24, 2.45) is 0 Å². The average molecular weight is 212 g/mol. The minimum Gasteiger partial charge on any atom is -0.493 e. The van der Waals surface area contributed by atoms with Crippen LogP contribution in [0.3, 0.4) is 0 Å². The largest absolute Gasteiger partial charge is 0.493 e. The van der Waals surface area contributed by atoms with E-state index in [0.29, 0.717) is 5.69 Å². The van der Waals surface area contributed by atoms with Gasteiger partial charge in [-0.15, -0.1) is 0 Å². The first-order valence-electron chi connectivity index (χ1n) is 3.87. The summed E-state index contributed by atoms with van der Waals surface area (Å²) in [4.78, 5) is 0. The van der Waals surface area contributed by atoms with Crippen LogP contribution in [0.4, 0.5) is 5.69 Å². The molecule has 14 heavy (non-hydrogen) atoms. The molecule has 0 atom stereocenters. The van der Waals surface area contributed by atoms with Crippen molar-refractivity contribution >= 4 is 15.9 Å². The maximum atomic E-state index is 11.4. The number of nitrogens with zero attached hydrogens (tertiary/aromatic N) is 1. The Bertz CT molecular complexity index is 467. The molecule has 1 aliphatic rings. The topological polar surface area (TPSA) is 69.6 Å². The Morgan fingerprint density at radius 3 is 2.36 bits per heavy atom. The van der Waals surface area contributed by atoms with E-state index in [1.54, 1.807) is 30.3 Å². The van der Waals surface area contributed by atoms with Crippen molar-refractivity contribution < 1.29 is 13.5 Å². The summed E-state index contributed by atoms with van der Waals surface area (Å²) in [6, 6.07) is 8.48. The molecule has 0 saturated heterocycles. The summed E-state index contributed by atoms with van der Waals surface area (Å²) in [7, 11) is -3.65. The Morgan fingerprint density at radius 2 is 1.86 bits per heavy atom. The predicted octanol–water partition coefficient (Wildman–Crippen LogP) is 0.698. The molecule has 0 fully saturated rings. The summed E-state index contributed by atoms with van der Waals surface area (Å²) in [6.45, 7) is 0. The first-order valence-corrected chi connectivity index (χ1v) is 5.31. The van der Waals surface area contributed by atoms with Crippen molar-refractivity contribution in [3.8, 4) is 0 Å². The highest BCUT2D eigenvalue weighted by Gasteiger charge is 2.28. The van der Waals surface area contributed by atoms with Crippen molar-refractivity contribution in [2.75, 3.05) is 4.31 Å². The molecule has 1 aromatic rings. The van der Waals surface area contributed by atoms with Crippen LogP contribution in [0.2, 0.25) is 0 Å². The number of para-hydroxylation sites is 1. The fourth-order valence-electron chi connectivity index (χ4n) is 1.18. The van der Waals surface area contributed by atoms with Crippen LogP contribution in [-0.2, 0) is 10.2 Å². The van der Waals surface area contributed by atoms with Crippen LogP contribution in [0.15, 0.2) is 42.4 Å². The Labute approximate surface area is 81.5 Å². The summed E-state index contributed by atoms with van der Waals surface area (Å²) < 4.78 is 25.7. The summed E-state index contributed by atoms with van der Waals surface area (Å²) in [5.74, 6) is -0.381. The van der Waals surface area contributed by atoms with Crippen molar-refractivity contribution in [3.05, 3.63) is 42.4 Å². The van der Waals surface area contributed by atoms with Crippen LogP contribution in [0.5, 0.6) is 0 Å². The van der Waals surface area contributed by atoms with Crippen LogP contribution in [0.1, 0.15) is 0 Å². The number of nitrogens with one attached hydrogen (secondary N) is 1. The molecule has 0 bridgehead atoms. The monoisotopic (exact) mass is 212 g/mol. The number of hydrogen-bond acceptors (Lipinski definition) is 3. The molecule has 0 radical (unpaired) electrons. The third kappa shape index (κ3) is 1.39. The molecule has 0 aromatic heterocycles. The van der Waals surface area contributed by atoms with Crippen LogP contribution >= 0.6 is 0 Å². The zero-order chi connectivity index (χ0) is 10.2. The molecule has 0 amide bonds. The highest BCUT2D eigenvalue weighted by Crippen LogP contribution is 2.21. The maximum Gasteiger partial charge on any atom is 0.330 e. The number of hydrogen-bond donors (Lipinski definition) is 2. The molecule has 2 N–H and O–H groups in total. The number of benzene rings is 1. The highest BCUT2D eigenvalue weighted by molar-refractivity contribution is 7.91. The second kappa shape index (κ2) is 2.91. The zero-order valence-corrected chi connectivity index (χ0v) is 7.90. The van der Waals surface area contributed by atoms with E-state index in [9.17, 15) is 8.42 Å². The molecule has 1 aromatic carbocycles. The van der Waals surface area contributed by atoms with E-state index in [-0.39, 0.29) is 5.88 Å². The molecular formula is C8H8N2O3S. The zero-order valence-electron chi connectivity index (χ0n) is 7.08. The van der Waals surface area contributed by atoms with E-state index < -0.39 is 10.2 Å². The van der Waals surface area contributed by atoms with Gasteiger partial charge in [0.25, 0.3) is 0 Å². The standard InChI is InChI=1S/C8H8N2O3S/c11-8-6-10(14(12,13)9-8)7-4-2-1-3-5-7/h1-6,9,11H. The van der Waals surface area contributed by atoms with Gasteiger partial charge in [0.2, 0.25) is 5.88 Å². The van der Waals surface area contributed by atoms with Gasteiger partial charge < -0.3 is 5.11 Å². The molecule has 2 rings (SSSR count). The van der Waals surface area contributed by atoms with Crippen molar-refractivity contribution in [1.29, 1.82) is 0 Å². The lowest BCUT2D eigenvalue weighted by Crippen LogP contribution is -2.29. The normalized spacial score (nSPS) is 18.9. The fourth-order valence-corrected chi connectivity index (χ4v) is 2.23. The third-order valence-corrected chi connectivity index (χ3v) is 3.04. The third-order valence-electron chi connectivity index (χ3n) is 1.74. The Hall–Kier alpha value is -1.69. The van der Waals surface area contributed by atoms with Gasteiger partial charge in [-0.05, 0) is 12.1 Å². The van der Waals surface area contributed by atoms with Crippen molar-refractivity contribution in [3.63, 3.8) is 0 Å². The quantitative estimate of drug-likeness (QED) is 0.719. The van der Waals surface area contributed by atoms with E-state index in [4.69, 9.17) is 5.11 Å². The van der Waals surface area contributed by atoms with Gasteiger partial charge in [-0.1, -0.05) is 18.2 Å². The van der Waals surface area contributed by atoms with Gasteiger partial charge in [-0.2, -0.15) is 8.42 Å². The van der Waals surface area contributed by atoms with Gasteiger partial charge >= 0.3 is 10.2 Å². The predicted molar refractivity (Wildman–Crippen MR) is 51.7 cm³/mol. The van der Waals surface area contributed by atoms with Crippen LogP contribution in [-0.4, -0.2) is 13.5 Å².